The van der Waals surface area contributed by atoms with Crippen LogP contribution in [-0.4, -0.2) is 26.8 Å². The SMILES string of the molecule is CCC1CC1NCCS(N)(=O)=O. The molecule has 0 heterocycles. The predicted octanol–water partition coefficient (Wildman–Crippen LogP) is -0.337. The predicted molar refractivity (Wildman–Crippen MR) is 48.2 cm³/mol. The maximum absolute atomic E-state index is 10.5. The van der Waals surface area contributed by atoms with E-state index in [4.69, 9.17) is 5.14 Å². The first-order valence-electron chi connectivity index (χ1n) is 4.27. The molecule has 0 radical (unpaired) electrons. The summed E-state index contributed by atoms with van der Waals surface area (Å²) in [6, 6.07) is 0.539. The van der Waals surface area contributed by atoms with E-state index in [0.717, 1.165) is 5.92 Å². The van der Waals surface area contributed by atoms with E-state index in [2.05, 4.69) is 12.2 Å². The molecule has 0 spiro atoms. The lowest BCUT2D eigenvalue weighted by Gasteiger charge is -2.01. The molecule has 5 heteroatoms. The van der Waals surface area contributed by atoms with Crippen LogP contribution in [0.1, 0.15) is 19.8 Å². The van der Waals surface area contributed by atoms with Crippen molar-refractivity contribution in [3.8, 4) is 0 Å². The smallest absolute Gasteiger partial charge is 0.210 e. The molecule has 3 N–H and O–H groups in total. The van der Waals surface area contributed by atoms with Crippen molar-refractivity contribution in [1.82, 2.24) is 5.32 Å². The van der Waals surface area contributed by atoms with Gasteiger partial charge in [0.25, 0.3) is 0 Å². The van der Waals surface area contributed by atoms with Gasteiger partial charge in [-0.15, -0.1) is 0 Å². The van der Waals surface area contributed by atoms with Gasteiger partial charge in [0, 0.05) is 12.6 Å². The number of hydrogen-bond donors (Lipinski definition) is 2. The Hall–Kier alpha value is -0.130. The Labute approximate surface area is 73.6 Å². The lowest BCUT2D eigenvalue weighted by molar-refractivity contribution is 0.588. The Morgan fingerprint density at radius 2 is 2.25 bits per heavy atom. The largest absolute Gasteiger partial charge is 0.313 e. The molecule has 0 saturated heterocycles. The number of nitrogens with one attached hydrogen (secondary N) is 1. The molecule has 0 bridgehead atoms. The highest BCUT2D eigenvalue weighted by molar-refractivity contribution is 7.89. The fourth-order valence-corrected chi connectivity index (χ4v) is 1.74. The van der Waals surface area contributed by atoms with Crippen LogP contribution < -0.4 is 10.5 Å². The van der Waals surface area contributed by atoms with E-state index in [-0.39, 0.29) is 5.75 Å². The van der Waals surface area contributed by atoms with Gasteiger partial charge in [0.2, 0.25) is 10.0 Å². The van der Waals surface area contributed by atoms with E-state index >= 15 is 0 Å². The van der Waals surface area contributed by atoms with Gasteiger partial charge in [-0.2, -0.15) is 0 Å². The van der Waals surface area contributed by atoms with Gasteiger partial charge in [-0.3, -0.25) is 0 Å². The normalized spacial score (nSPS) is 28.8. The van der Waals surface area contributed by atoms with Crippen molar-refractivity contribution in [1.29, 1.82) is 0 Å². The molecule has 12 heavy (non-hydrogen) atoms. The monoisotopic (exact) mass is 192 g/mol. The Bertz CT molecular complexity index is 238. The molecule has 1 aliphatic carbocycles. The molecule has 2 unspecified atom stereocenters. The average Bonchev–Trinajstić information content (AvgIpc) is 2.64. The third kappa shape index (κ3) is 3.51. The third-order valence-corrected chi connectivity index (χ3v) is 3.01. The van der Waals surface area contributed by atoms with Crippen molar-refractivity contribution in [3.63, 3.8) is 0 Å². The van der Waals surface area contributed by atoms with E-state index in [1.165, 1.54) is 12.8 Å². The zero-order valence-corrected chi connectivity index (χ0v) is 8.10. The summed E-state index contributed by atoms with van der Waals surface area (Å²) >= 11 is 0. The summed E-state index contributed by atoms with van der Waals surface area (Å²) in [6.07, 6.45) is 2.36. The summed E-state index contributed by atoms with van der Waals surface area (Å²) in [4.78, 5) is 0. The molecule has 2 atom stereocenters. The van der Waals surface area contributed by atoms with Crippen LogP contribution in [0.5, 0.6) is 0 Å². The Morgan fingerprint density at radius 1 is 1.58 bits per heavy atom. The van der Waals surface area contributed by atoms with Crippen LogP contribution in [-0.2, 0) is 10.0 Å². The van der Waals surface area contributed by atoms with Crippen LogP contribution in [0.3, 0.4) is 0 Å². The second kappa shape index (κ2) is 3.72. The van der Waals surface area contributed by atoms with Gasteiger partial charge in [0.15, 0.2) is 0 Å². The molecule has 1 rings (SSSR count). The van der Waals surface area contributed by atoms with Gasteiger partial charge in [-0.05, 0) is 12.3 Å². The summed E-state index contributed by atoms with van der Waals surface area (Å²) in [5, 5.41) is 8.00. The summed E-state index contributed by atoms with van der Waals surface area (Å²) < 4.78 is 21.0. The standard InChI is InChI=1S/C7H16N2O2S/c1-2-6-5-7(6)9-3-4-12(8,10)11/h6-7,9H,2-5H2,1H3,(H2,8,10,11). The second-order valence-electron chi connectivity index (χ2n) is 3.33. The maximum Gasteiger partial charge on any atom is 0.210 e. The second-order valence-corrected chi connectivity index (χ2v) is 5.07. The molecule has 0 aliphatic heterocycles. The fourth-order valence-electron chi connectivity index (χ4n) is 1.34. The number of sulfonamides is 1. The molecule has 0 aromatic heterocycles. The molecule has 0 aromatic rings. The molecule has 1 saturated carbocycles. The zero-order valence-electron chi connectivity index (χ0n) is 7.29. The van der Waals surface area contributed by atoms with Crippen molar-refractivity contribution in [2.24, 2.45) is 11.1 Å². The zero-order chi connectivity index (χ0) is 9.19. The Balaban J connectivity index is 2.05. The first-order valence-corrected chi connectivity index (χ1v) is 5.98. The minimum absolute atomic E-state index is 0.0416. The number of primary sulfonamides is 1. The highest BCUT2D eigenvalue weighted by Gasteiger charge is 2.34. The van der Waals surface area contributed by atoms with Gasteiger partial charge in [-0.1, -0.05) is 13.3 Å². The minimum atomic E-state index is -3.28. The molecule has 1 aliphatic rings. The Kier molecular flexibility index (Phi) is 3.09. The number of rotatable bonds is 5. The lowest BCUT2D eigenvalue weighted by Crippen LogP contribution is -2.29. The van der Waals surface area contributed by atoms with Gasteiger partial charge in [0.1, 0.15) is 0 Å². The molecule has 0 amide bonds. The summed E-state index contributed by atoms with van der Waals surface area (Å²) in [5.41, 5.74) is 0. The number of hydrogen-bond acceptors (Lipinski definition) is 3. The van der Waals surface area contributed by atoms with Gasteiger partial charge >= 0.3 is 0 Å². The van der Waals surface area contributed by atoms with E-state index < -0.39 is 10.0 Å². The summed E-state index contributed by atoms with van der Waals surface area (Å²) in [5.74, 6) is 0.797. The molecular formula is C7H16N2O2S. The molecule has 4 nitrogen and oxygen atoms in total. The van der Waals surface area contributed by atoms with E-state index in [0.29, 0.717) is 12.6 Å². The van der Waals surface area contributed by atoms with Crippen molar-refractivity contribution in [2.45, 2.75) is 25.8 Å². The lowest BCUT2D eigenvalue weighted by atomic mass is 10.3. The minimum Gasteiger partial charge on any atom is -0.313 e. The quantitative estimate of drug-likeness (QED) is 0.626. The summed E-state index contributed by atoms with van der Waals surface area (Å²) in [7, 11) is -3.28. The van der Waals surface area contributed by atoms with Crippen molar-refractivity contribution in [3.05, 3.63) is 0 Å². The van der Waals surface area contributed by atoms with E-state index in [1.54, 1.807) is 0 Å². The van der Waals surface area contributed by atoms with Crippen LogP contribution in [0.15, 0.2) is 0 Å². The number of nitrogens with two attached hydrogens (primary N) is 1. The van der Waals surface area contributed by atoms with Crippen LogP contribution >= 0.6 is 0 Å². The van der Waals surface area contributed by atoms with Crippen LogP contribution in [0.4, 0.5) is 0 Å². The van der Waals surface area contributed by atoms with Crippen LogP contribution in [0.2, 0.25) is 0 Å². The maximum atomic E-state index is 10.5. The first-order chi connectivity index (χ1) is 5.53. The summed E-state index contributed by atoms with van der Waals surface area (Å²) in [6.45, 7) is 2.63. The fraction of sp³-hybridized carbons (Fsp3) is 1.00. The van der Waals surface area contributed by atoms with Crippen LogP contribution in [0.25, 0.3) is 0 Å². The van der Waals surface area contributed by atoms with E-state index in [9.17, 15) is 8.42 Å². The molecule has 72 valence electrons. The van der Waals surface area contributed by atoms with Crippen molar-refractivity contribution < 1.29 is 8.42 Å². The van der Waals surface area contributed by atoms with Gasteiger partial charge < -0.3 is 5.32 Å². The molecule has 1 fully saturated rings. The van der Waals surface area contributed by atoms with Gasteiger partial charge in [-0.25, -0.2) is 13.6 Å². The highest BCUT2D eigenvalue weighted by Crippen LogP contribution is 2.32. The van der Waals surface area contributed by atoms with Crippen LogP contribution in [0, 0.1) is 5.92 Å². The molecule has 0 aromatic carbocycles. The van der Waals surface area contributed by atoms with Crippen molar-refractivity contribution >= 4 is 10.0 Å². The third-order valence-electron chi connectivity index (χ3n) is 2.24. The van der Waals surface area contributed by atoms with Gasteiger partial charge in [0.05, 0.1) is 5.75 Å². The highest BCUT2D eigenvalue weighted by atomic mass is 32.2. The van der Waals surface area contributed by atoms with Crippen molar-refractivity contribution in [2.75, 3.05) is 12.3 Å². The molecular weight excluding hydrogens is 176 g/mol. The first kappa shape index (κ1) is 9.95. The Morgan fingerprint density at radius 3 is 2.67 bits per heavy atom. The van der Waals surface area contributed by atoms with E-state index in [1.807, 2.05) is 0 Å². The topological polar surface area (TPSA) is 72.2 Å². The average molecular weight is 192 g/mol.